The summed E-state index contributed by atoms with van der Waals surface area (Å²) in [5.41, 5.74) is 2.69. The summed E-state index contributed by atoms with van der Waals surface area (Å²) in [5, 5.41) is 32.1. The van der Waals surface area contributed by atoms with Gasteiger partial charge in [-0.2, -0.15) is 0 Å². The summed E-state index contributed by atoms with van der Waals surface area (Å²) in [6.45, 7) is 4.73. The molecule has 0 radical (unpaired) electrons. The van der Waals surface area contributed by atoms with Crippen LogP contribution in [0.25, 0.3) is 0 Å². The molecule has 0 fully saturated rings. The van der Waals surface area contributed by atoms with E-state index in [2.05, 4.69) is 10.3 Å². The number of aromatic nitrogens is 1. The number of nitrogens with zero attached hydrogens (tertiary/aromatic N) is 1. The van der Waals surface area contributed by atoms with Crippen LogP contribution in [0.2, 0.25) is 0 Å². The van der Waals surface area contributed by atoms with Crippen molar-refractivity contribution in [2.45, 2.75) is 33.2 Å². The molecule has 1 unspecified atom stereocenters. The van der Waals surface area contributed by atoms with Crippen LogP contribution in [0.3, 0.4) is 0 Å². The standard InChI is InChI=1S/C20H28N2O5.2ClH/c1-14-5-3-4-6-19(14)26-8-7-21-10-17(25)13-27-20-15(2)22-9-16(11-23)18(20)12-24;;/h3-6,9,17,21,23-25H,7-8,10-13H2,1-2H3;2*1H. The third kappa shape index (κ3) is 8.34. The van der Waals surface area contributed by atoms with Gasteiger partial charge in [-0.3, -0.25) is 4.98 Å². The van der Waals surface area contributed by atoms with Crippen LogP contribution < -0.4 is 14.8 Å². The fourth-order valence-corrected chi connectivity index (χ4v) is 2.64. The molecular formula is C20H30Cl2N2O5. The molecule has 0 bridgehead atoms. The van der Waals surface area contributed by atoms with Crippen molar-refractivity contribution in [2.75, 3.05) is 26.3 Å². The van der Waals surface area contributed by atoms with Gasteiger partial charge >= 0.3 is 0 Å². The fraction of sp³-hybridized carbons (Fsp3) is 0.450. The van der Waals surface area contributed by atoms with Crippen molar-refractivity contribution in [3.63, 3.8) is 0 Å². The molecule has 164 valence electrons. The van der Waals surface area contributed by atoms with Gasteiger partial charge in [-0.25, -0.2) is 0 Å². The Hall–Kier alpha value is -1.61. The van der Waals surface area contributed by atoms with Crippen molar-refractivity contribution in [3.05, 3.63) is 52.8 Å². The number of para-hydroxylation sites is 1. The van der Waals surface area contributed by atoms with Gasteiger partial charge < -0.3 is 30.1 Å². The lowest BCUT2D eigenvalue weighted by molar-refractivity contribution is 0.103. The van der Waals surface area contributed by atoms with Crippen molar-refractivity contribution < 1.29 is 24.8 Å². The van der Waals surface area contributed by atoms with Crippen LogP contribution in [0.15, 0.2) is 30.5 Å². The van der Waals surface area contributed by atoms with Crippen molar-refractivity contribution in [1.29, 1.82) is 0 Å². The summed E-state index contributed by atoms with van der Waals surface area (Å²) >= 11 is 0. The van der Waals surface area contributed by atoms with Gasteiger partial charge in [-0.1, -0.05) is 18.2 Å². The topological polar surface area (TPSA) is 104 Å². The monoisotopic (exact) mass is 448 g/mol. The normalized spacial score (nSPS) is 11.2. The molecule has 4 N–H and O–H groups in total. The first-order valence-electron chi connectivity index (χ1n) is 8.95. The van der Waals surface area contributed by atoms with Gasteiger partial charge in [0.15, 0.2) is 0 Å². The zero-order valence-electron chi connectivity index (χ0n) is 16.6. The number of ether oxygens (including phenoxy) is 2. The minimum atomic E-state index is -0.729. The molecule has 0 saturated carbocycles. The molecule has 0 aliphatic rings. The van der Waals surface area contributed by atoms with Crippen molar-refractivity contribution in [3.8, 4) is 11.5 Å². The summed E-state index contributed by atoms with van der Waals surface area (Å²) < 4.78 is 11.3. The van der Waals surface area contributed by atoms with Crippen molar-refractivity contribution in [2.24, 2.45) is 0 Å². The number of benzene rings is 1. The first-order chi connectivity index (χ1) is 13.1. The number of aliphatic hydroxyl groups excluding tert-OH is 3. The molecule has 2 rings (SSSR count). The molecule has 1 aromatic carbocycles. The lowest BCUT2D eigenvalue weighted by atomic mass is 10.1. The highest BCUT2D eigenvalue weighted by Crippen LogP contribution is 2.25. The van der Waals surface area contributed by atoms with Crippen LogP contribution in [0, 0.1) is 13.8 Å². The lowest BCUT2D eigenvalue weighted by Gasteiger charge is -2.18. The van der Waals surface area contributed by atoms with Crippen LogP contribution in [-0.4, -0.2) is 52.7 Å². The Morgan fingerprint density at radius 3 is 2.45 bits per heavy atom. The molecule has 29 heavy (non-hydrogen) atoms. The van der Waals surface area contributed by atoms with E-state index >= 15 is 0 Å². The Labute approximate surface area is 183 Å². The Bertz CT molecular complexity index is 734. The van der Waals surface area contributed by atoms with E-state index in [4.69, 9.17) is 9.47 Å². The molecule has 1 heterocycles. The van der Waals surface area contributed by atoms with Crippen LogP contribution >= 0.6 is 24.8 Å². The highest BCUT2D eigenvalue weighted by Gasteiger charge is 2.14. The van der Waals surface area contributed by atoms with Gasteiger partial charge in [-0.15, -0.1) is 24.8 Å². The maximum absolute atomic E-state index is 10.1. The number of aliphatic hydroxyl groups is 3. The number of aryl methyl sites for hydroxylation is 2. The number of halogens is 2. The van der Waals surface area contributed by atoms with E-state index in [1.165, 1.54) is 6.20 Å². The third-order valence-electron chi connectivity index (χ3n) is 4.16. The average molecular weight is 449 g/mol. The molecular weight excluding hydrogens is 419 g/mol. The van der Waals surface area contributed by atoms with Gasteiger partial charge in [0, 0.05) is 30.4 Å². The number of rotatable bonds is 11. The second-order valence-corrected chi connectivity index (χ2v) is 6.28. The molecule has 2 aromatic rings. The molecule has 9 heteroatoms. The van der Waals surface area contributed by atoms with Gasteiger partial charge in [0.05, 0.1) is 18.9 Å². The summed E-state index contributed by atoms with van der Waals surface area (Å²) in [6.07, 6.45) is 0.785. The van der Waals surface area contributed by atoms with Crippen LogP contribution in [0.1, 0.15) is 22.4 Å². The minimum absolute atomic E-state index is 0. The summed E-state index contributed by atoms with van der Waals surface area (Å²) in [4.78, 5) is 4.15. The van der Waals surface area contributed by atoms with E-state index in [0.717, 1.165) is 11.3 Å². The smallest absolute Gasteiger partial charge is 0.146 e. The predicted molar refractivity (Wildman–Crippen MR) is 116 cm³/mol. The van der Waals surface area contributed by atoms with Crippen molar-refractivity contribution >= 4 is 24.8 Å². The lowest BCUT2D eigenvalue weighted by Crippen LogP contribution is -2.34. The minimum Gasteiger partial charge on any atom is -0.492 e. The molecule has 1 atom stereocenters. The Kier molecular flexibility index (Phi) is 13.6. The number of nitrogens with one attached hydrogen (secondary N) is 1. The zero-order valence-corrected chi connectivity index (χ0v) is 18.3. The van der Waals surface area contributed by atoms with E-state index < -0.39 is 6.10 Å². The Morgan fingerprint density at radius 1 is 1.07 bits per heavy atom. The first-order valence-corrected chi connectivity index (χ1v) is 8.95. The molecule has 0 spiro atoms. The molecule has 0 aliphatic heterocycles. The largest absolute Gasteiger partial charge is 0.492 e. The number of pyridine rings is 1. The van der Waals surface area contributed by atoms with Gasteiger partial charge in [0.2, 0.25) is 0 Å². The quantitative estimate of drug-likeness (QED) is 0.389. The van der Waals surface area contributed by atoms with Crippen LogP contribution in [0.4, 0.5) is 0 Å². The summed E-state index contributed by atoms with van der Waals surface area (Å²) in [6, 6.07) is 7.81. The maximum Gasteiger partial charge on any atom is 0.146 e. The van der Waals surface area contributed by atoms with Gasteiger partial charge in [0.25, 0.3) is 0 Å². The van der Waals surface area contributed by atoms with E-state index in [1.807, 2.05) is 31.2 Å². The second-order valence-electron chi connectivity index (χ2n) is 6.28. The predicted octanol–water partition coefficient (Wildman–Crippen LogP) is 1.93. The van der Waals surface area contributed by atoms with E-state index in [-0.39, 0.29) is 44.6 Å². The Morgan fingerprint density at radius 2 is 1.79 bits per heavy atom. The third-order valence-corrected chi connectivity index (χ3v) is 4.16. The fourth-order valence-electron chi connectivity index (χ4n) is 2.64. The summed E-state index contributed by atoms with van der Waals surface area (Å²) in [5.74, 6) is 1.26. The molecule has 0 aliphatic carbocycles. The van der Waals surface area contributed by atoms with Crippen molar-refractivity contribution in [1.82, 2.24) is 10.3 Å². The number of hydrogen-bond donors (Lipinski definition) is 4. The highest BCUT2D eigenvalue weighted by molar-refractivity contribution is 5.85. The molecule has 1 aromatic heterocycles. The van der Waals surface area contributed by atoms with E-state index in [1.54, 1.807) is 6.92 Å². The SMILES string of the molecule is Cc1ccccc1OCCNCC(O)COc1c(C)ncc(CO)c1CO.Cl.Cl. The molecule has 0 amide bonds. The van der Waals surface area contributed by atoms with Crippen LogP contribution in [-0.2, 0) is 13.2 Å². The summed E-state index contributed by atoms with van der Waals surface area (Å²) in [7, 11) is 0. The van der Waals surface area contributed by atoms with Gasteiger partial charge in [0.1, 0.15) is 30.8 Å². The maximum atomic E-state index is 10.1. The van der Waals surface area contributed by atoms with E-state index in [9.17, 15) is 15.3 Å². The van der Waals surface area contributed by atoms with Crippen LogP contribution in [0.5, 0.6) is 11.5 Å². The second kappa shape index (κ2) is 14.4. The molecule has 7 nitrogen and oxygen atoms in total. The first kappa shape index (κ1) is 27.4. The molecule has 0 saturated heterocycles. The number of hydrogen-bond acceptors (Lipinski definition) is 7. The zero-order chi connectivity index (χ0) is 19.6. The average Bonchev–Trinajstić information content (AvgIpc) is 2.67. The Balaban J connectivity index is 0.00000392. The van der Waals surface area contributed by atoms with E-state index in [0.29, 0.717) is 42.3 Å². The highest BCUT2D eigenvalue weighted by atomic mass is 35.5. The van der Waals surface area contributed by atoms with Gasteiger partial charge in [-0.05, 0) is 25.5 Å².